The van der Waals surface area contributed by atoms with Gasteiger partial charge < -0.3 is 75.2 Å². The van der Waals surface area contributed by atoms with Gasteiger partial charge in [0.15, 0.2) is 5.25 Å². The van der Waals surface area contributed by atoms with E-state index in [2.05, 4.69) is 40.2 Å². The molecule has 36 heteroatoms. The predicted octanol–water partition coefficient (Wildman–Crippen LogP) is -5.35. The van der Waals surface area contributed by atoms with Gasteiger partial charge in [-0.3, -0.25) is 67.4 Å². The second kappa shape index (κ2) is 44.6. The molecule has 5 atom stereocenters. The monoisotopic (exact) mass is 1420 g/mol. The average molecular weight is 1420 g/mol. The van der Waals surface area contributed by atoms with Crippen LogP contribution in [0.5, 0.6) is 0 Å². The molecule has 4 heterocycles. The summed E-state index contributed by atoms with van der Waals surface area (Å²) in [7, 11) is 14.5. The summed E-state index contributed by atoms with van der Waals surface area (Å²) in [6.45, 7) is 12.1. The molecule has 1 spiro atoms. The standard InChI is InChI=1S/2C14H24N2O6.C12H16N2O4.C11H14N2O4S6.2CH3.2K/c1-6-9(7-2)8-16-11(18)14(10(17)15-3,12(19)21-4)13(20)22-5;1-5-8(6-9(11(15)17)13(19)21-3)7-10(12(18)16-2)14(20)22-4;1-4-7(5-2)6-14-10(17)12(11(14)18)8(15)13(3)9(12)16;1-3-5(4-6-8(14)12-9(6)15)23(22-21-20-19-18)7-10(16)13(2)11(7)17;;;;/h9H,6-8H2,1-5H3,(H,15,17)(H,16,18);8-10H,5-7H2,1-4H3,(H3,15,16,17,18);7H,4-6H2,1-3H3;5-7H,3-4H2,1-2H3,(H,12,14,15);2*1H3;;/q;;;;2*-1;2*+1/p-2/t;8-,9?,10?;;5-,23?;;;;/m.1.1..../s1. The molecular formula is C53H82K2N8O20S6-2. The number of nitrogens with zero attached hydrogens (tertiary/aromatic N) is 4. The van der Waals surface area contributed by atoms with Gasteiger partial charge in [-0.15, -0.1) is 0 Å². The van der Waals surface area contributed by atoms with E-state index in [4.69, 9.17) is 16.9 Å². The Bertz CT molecular complexity index is 2720. The second-order valence-corrected chi connectivity index (χ2v) is 29.3. The first-order valence-electron chi connectivity index (χ1n) is 26.6. The Morgan fingerprint density at radius 3 is 1.46 bits per heavy atom. The molecule has 0 saturated carbocycles. The largest absolute Gasteiger partial charge is 1.00 e. The van der Waals surface area contributed by atoms with Gasteiger partial charge >= 0.3 is 132 Å². The number of β-lactam (4-membered cyclic amide) rings is 8. The third-order valence-electron chi connectivity index (χ3n) is 14.7. The number of rotatable bonds is 26. The summed E-state index contributed by atoms with van der Waals surface area (Å²) in [6.07, 6.45) is 5.05. The van der Waals surface area contributed by atoms with Crippen LogP contribution in [-0.4, -0.2) is 190 Å². The molecule has 89 heavy (non-hydrogen) atoms. The number of nitrogens with one attached hydrogen (secondary N) is 4. The third kappa shape index (κ3) is 22.1. The number of carbonyl (C=O) groups excluding carboxylic acids is 16. The Balaban J connectivity index is -0.000000535. The fraction of sp³-hybridized carbons (Fsp3) is 0.660. The molecule has 4 saturated heterocycles. The number of carbonyl (C=O) groups is 16. The molecule has 0 aliphatic carbocycles. The topological polar surface area (TPSA) is 394 Å². The van der Waals surface area contributed by atoms with Crippen molar-refractivity contribution < 1.29 is 198 Å². The molecule has 3 unspecified atom stereocenters. The van der Waals surface area contributed by atoms with E-state index < -0.39 is 126 Å². The molecule has 4 fully saturated rings. The van der Waals surface area contributed by atoms with Crippen LogP contribution in [-0.2, 0) is 152 Å². The Morgan fingerprint density at radius 1 is 0.640 bits per heavy atom. The van der Waals surface area contributed by atoms with E-state index in [1.807, 2.05) is 41.5 Å². The maximum atomic E-state index is 12.4. The minimum atomic E-state index is -2.70. The summed E-state index contributed by atoms with van der Waals surface area (Å²) in [5.74, 6) is -14.4. The van der Waals surface area contributed by atoms with E-state index in [0.29, 0.717) is 25.8 Å². The Labute approximate surface area is 623 Å². The van der Waals surface area contributed by atoms with Crippen LogP contribution >= 0.6 is 0 Å². The number of likely N-dealkylation sites (tertiary alicyclic amines) is 3. The van der Waals surface area contributed by atoms with Crippen molar-refractivity contribution in [2.24, 2.45) is 46.3 Å². The van der Waals surface area contributed by atoms with Gasteiger partial charge in [-0.2, -0.15) is 0 Å². The Morgan fingerprint density at radius 2 is 1.09 bits per heavy atom. The number of amides is 12. The maximum Gasteiger partial charge on any atom is 1.00 e. The van der Waals surface area contributed by atoms with Crippen molar-refractivity contribution >= 4 is 151 Å². The number of methoxy groups -OCH3 is 4. The predicted molar refractivity (Wildman–Crippen MR) is 330 cm³/mol. The Hall–Kier alpha value is -2.96. The summed E-state index contributed by atoms with van der Waals surface area (Å²) in [4.78, 5) is 192. The summed E-state index contributed by atoms with van der Waals surface area (Å²) < 4.78 is 18.1. The van der Waals surface area contributed by atoms with Gasteiger partial charge in [-0.25, -0.2) is 9.59 Å². The van der Waals surface area contributed by atoms with E-state index in [1.165, 1.54) is 70.8 Å². The van der Waals surface area contributed by atoms with E-state index in [1.54, 1.807) is 0 Å². The first-order chi connectivity index (χ1) is 40.0. The fourth-order valence-electron chi connectivity index (χ4n) is 8.91. The van der Waals surface area contributed by atoms with Gasteiger partial charge in [0.25, 0.3) is 52.7 Å². The summed E-state index contributed by atoms with van der Waals surface area (Å²) in [6, 6.07) is 0. The van der Waals surface area contributed by atoms with Crippen molar-refractivity contribution in [3.63, 3.8) is 0 Å². The van der Waals surface area contributed by atoms with Crippen LogP contribution in [0.25, 0.3) is 11.1 Å². The second-order valence-electron chi connectivity index (χ2n) is 19.2. The first-order valence-corrected chi connectivity index (χ1v) is 34.3. The van der Waals surface area contributed by atoms with Crippen LogP contribution in [0.1, 0.15) is 99.3 Å². The molecule has 28 nitrogen and oxygen atoms in total. The molecule has 0 aromatic heterocycles. The smallest absolute Gasteiger partial charge is 0.667 e. The summed E-state index contributed by atoms with van der Waals surface area (Å²) >= 11 is 4.80. The van der Waals surface area contributed by atoms with Crippen molar-refractivity contribution in [1.29, 1.82) is 0 Å². The van der Waals surface area contributed by atoms with E-state index in [0.717, 1.165) is 61.7 Å². The van der Waals surface area contributed by atoms with Gasteiger partial charge in [0.05, 0.1) is 52.1 Å². The third-order valence-corrected chi connectivity index (χ3v) is 26.9. The molecule has 4 aliphatic rings. The van der Waals surface area contributed by atoms with Gasteiger partial charge in [0.2, 0.25) is 5.91 Å². The first kappa shape index (κ1) is 92.5. The molecule has 0 radical (unpaired) electrons. The summed E-state index contributed by atoms with van der Waals surface area (Å²) in [5.41, 5.74) is 2.45. The van der Waals surface area contributed by atoms with Gasteiger partial charge in [-0.1, -0.05) is 83.1 Å². The van der Waals surface area contributed by atoms with Crippen molar-refractivity contribution in [2.75, 3.05) is 69.7 Å². The van der Waals surface area contributed by atoms with E-state index in [9.17, 15) is 76.7 Å². The number of hydrogen-bond acceptors (Lipinski definition) is 21. The Kier molecular flexibility index (Phi) is 46.3. The van der Waals surface area contributed by atoms with Crippen LogP contribution in [0.15, 0.2) is 0 Å². The molecule has 0 bridgehead atoms. The van der Waals surface area contributed by atoms with Crippen LogP contribution in [0, 0.1) is 61.2 Å². The molecule has 0 aromatic carbocycles. The SMILES string of the molecule is CCC(CC)CN1C(=O)C2(C(=O)N(C)C2=O)C1=O.CCC(CC)CNC(=O)C(C(=O)NC)(C(=O)OC)C(=O)OC.CC[C@H](CC(C([NH-])=O)C(=O)OC)CC(C(=O)NC)C(=O)OC.CC[C@H](CC1C(=O)[N-]C1=O)S(=S=S=S=S=S)C1C(=O)N(C)C1=O.[CH3-].[CH3-].[K+].[K+]. The normalized spacial score (nSPS) is 16.1. The molecule has 0 aromatic rings. The van der Waals surface area contributed by atoms with E-state index >= 15 is 0 Å². The molecule has 494 valence electrons. The van der Waals surface area contributed by atoms with Crippen LogP contribution in [0.3, 0.4) is 0 Å². The van der Waals surface area contributed by atoms with Crippen molar-refractivity contribution in [2.45, 2.75) is 110 Å². The van der Waals surface area contributed by atoms with Crippen molar-refractivity contribution in [1.82, 2.24) is 30.7 Å². The average Bonchev–Trinajstić information content (AvgIpc) is 0.719. The quantitative estimate of drug-likeness (QED) is 0.0182. The van der Waals surface area contributed by atoms with Crippen LogP contribution in [0.4, 0.5) is 0 Å². The van der Waals surface area contributed by atoms with Crippen LogP contribution < -0.4 is 119 Å². The van der Waals surface area contributed by atoms with Crippen LogP contribution in [0.2, 0.25) is 0 Å². The maximum absolute atomic E-state index is 12.4. The zero-order chi connectivity index (χ0) is 65.4. The zero-order valence-corrected chi connectivity index (χ0v) is 64.9. The van der Waals surface area contributed by atoms with Crippen molar-refractivity contribution in [3.05, 3.63) is 25.9 Å². The van der Waals surface area contributed by atoms with Gasteiger partial charge in [-0.05, 0) is 90.1 Å². The van der Waals surface area contributed by atoms with Gasteiger partial charge in [0, 0.05) is 52.4 Å². The molecule has 4 aliphatic heterocycles. The number of ether oxygens (including phenoxy) is 4. The minimum Gasteiger partial charge on any atom is -0.667 e. The fourth-order valence-corrected chi connectivity index (χ4v) is 22.4. The zero-order valence-electron chi connectivity index (χ0n) is 53.8. The minimum absolute atomic E-state index is 0. The van der Waals surface area contributed by atoms with Crippen molar-refractivity contribution in [3.8, 4) is 0 Å². The number of hydrogen-bond donors (Lipinski definition) is 3. The van der Waals surface area contributed by atoms with E-state index in [-0.39, 0.29) is 172 Å². The number of imide groups is 4. The molecule has 4 rings (SSSR count). The summed E-state index contributed by atoms with van der Waals surface area (Å²) in [5, 5.41) is 9.54. The molecular weight excluding hydrogens is 1340 g/mol. The van der Waals surface area contributed by atoms with Gasteiger partial charge in [0.1, 0.15) is 5.92 Å². The molecule has 12 amide bonds. The molecule has 4 N–H and O–H groups in total. The number of esters is 4.